The third-order valence-corrected chi connectivity index (χ3v) is 7.46. The number of amides is 1. The predicted molar refractivity (Wildman–Crippen MR) is 117 cm³/mol. The summed E-state index contributed by atoms with van der Waals surface area (Å²) in [6, 6.07) is 4.68. The number of methoxy groups -OCH3 is 1. The van der Waals surface area contributed by atoms with Gasteiger partial charge in [-0.1, -0.05) is 18.0 Å². The molecule has 2 N–H and O–H groups in total. The van der Waals surface area contributed by atoms with Crippen molar-refractivity contribution in [2.24, 2.45) is 23.5 Å². The molecule has 170 valence electrons. The van der Waals surface area contributed by atoms with E-state index in [2.05, 4.69) is 10.1 Å². The topological polar surface area (TPSA) is 81.6 Å². The first-order chi connectivity index (χ1) is 15.0. The maximum atomic E-state index is 13.4. The Bertz CT molecular complexity index is 870. The fourth-order valence-corrected chi connectivity index (χ4v) is 5.53. The molecule has 7 heteroatoms. The fraction of sp³-hybridized carbons (Fsp3) is 0.667. The van der Waals surface area contributed by atoms with E-state index in [1.165, 1.54) is 31.4 Å². The van der Waals surface area contributed by atoms with Gasteiger partial charge in [-0.05, 0) is 75.7 Å². The number of carbonyl (C=O) groups excluding carboxylic acids is 1. The van der Waals surface area contributed by atoms with Gasteiger partial charge in [0.2, 0.25) is 5.91 Å². The molecule has 1 saturated carbocycles. The van der Waals surface area contributed by atoms with Crippen LogP contribution in [0.25, 0.3) is 11.0 Å². The zero-order chi connectivity index (χ0) is 21.8. The number of carbonyl (C=O) groups is 1. The Kier molecular flexibility index (Phi) is 7.23. The minimum atomic E-state index is -0.289. The Morgan fingerprint density at radius 3 is 2.68 bits per heavy atom. The highest BCUT2D eigenvalue weighted by Gasteiger charge is 2.31. The van der Waals surface area contributed by atoms with Gasteiger partial charge in [0.15, 0.2) is 5.58 Å². The molecule has 1 aliphatic carbocycles. The van der Waals surface area contributed by atoms with Crippen LogP contribution >= 0.6 is 0 Å². The van der Waals surface area contributed by atoms with Crippen molar-refractivity contribution >= 4 is 16.9 Å². The molecule has 0 spiro atoms. The summed E-state index contributed by atoms with van der Waals surface area (Å²) in [7, 11) is 1.63. The number of nitrogens with zero attached hydrogens (tertiary/aromatic N) is 2. The lowest BCUT2D eigenvalue weighted by Gasteiger charge is -2.35. The number of likely N-dealkylation sites (tertiary alicyclic amines) is 1. The highest BCUT2D eigenvalue weighted by Crippen LogP contribution is 2.36. The summed E-state index contributed by atoms with van der Waals surface area (Å²) in [6.45, 7) is 3.69. The van der Waals surface area contributed by atoms with Crippen molar-refractivity contribution in [1.82, 2.24) is 10.1 Å². The van der Waals surface area contributed by atoms with Gasteiger partial charge in [-0.25, -0.2) is 4.39 Å². The lowest BCUT2D eigenvalue weighted by Crippen LogP contribution is -2.37. The smallest absolute Gasteiger partial charge is 0.223 e. The minimum absolute atomic E-state index is 0.144. The predicted octanol–water partition coefficient (Wildman–Crippen LogP) is 4.09. The van der Waals surface area contributed by atoms with Crippen LogP contribution in [-0.2, 0) is 9.53 Å². The first-order valence-electron chi connectivity index (χ1n) is 11.6. The van der Waals surface area contributed by atoms with Crippen molar-refractivity contribution < 1.29 is 18.4 Å². The lowest BCUT2D eigenvalue weighted by atomic mass is 9.74. The average Bonchev–Trinajstić information content (AvgIpc) is 3.19. The molecule has 1 aromatic heterocycles. The van der Waals surface area contributed by atoms with Gasteiger partial charge < -0.3 is 19.9 Å². The van der Waals surface area contributed by atoms with Gasteiger partial charge in [-0.2, -0.15) is 0 Å². The molecule has 1 unspecified atom stereocenters. The van der Waals surface area contributed by atoms with E-state index >= 15 is 0 Å². The van der Waals surface area contributed by atoms with Gasteiger partial charge in [0.05, 0.1) is 18.2 Å². The molecule has 6 nitrogen and oxygen atoms in total. The number of aromatic nitrogens is 1. The van der Waals surface area contributed by atoms with E-state index in [0.29, 0.717) is 24.0 Å². The second-order valence-corrected chi connectivity index (χ2v) is 9.36. The summed E-state index contributed by atoms with van der Waals surface area (Å²) in [4.78, 5) is 14.3. The second kappa shape index (κ2) is 10.1. The van der Waals surface area contributed by atoms with Crippen molar-refractivity contribution in [3.8, 4) is 0 Å². The van der Waals surface area contributed by atoms with Crippen LogP contribution in [0.15, 0.2) is 22.7 Å². The van der Waals surface area contributed by atoms with Gasteiger partial charge in [0.1, 0.15) is 5.82 Å². The third kappa shape index (κ3) is 5.26. The largest absolute Gasteiger partial charge is 0.384 e. The Morgan fingerprint density at radius 1 is 1.26 bits per heavy atom. The average molecular weight is 432 g/mol. The Labute approximate surface area is 183 Å². The van der Waals surface area contributed by atoms with Crippen LogP contribution in [0.4, 0.5) is 4.39 Å². The van der Waals surface area contributed by atoms with Crippen molar-refractivity contribution in [2.45, 2.75) is 50.9 Å². The molecular weight excluding hydrogens is 397 g/mol. The summed E-state index contributed by atoms with van der Waals surface area (Å²) < 4.78 is 23.9. The van der Waals surface area contributed by atoms with Gasteiger partial charge >= 0.3 is 0 Å². The first kappa shape index (κ1) is 22.2. The quantitative estimate of drug-likeness (QED) is 0.681. The SMILES string of the molecule is COCC(C(N)=O)C1CCC(CCN2CCC(c3noc4cc(F)ccc34)CC2)CC1. The molecule has 31 heavy (non-hydrogen) atoms. The number of benzene rings is 1. The fourth-order valence-electron chi connectivity index (χ4n) is 5.53. The molecule has 2 fully saturated rings. The summed E-state index contributed by atoms with van der Waals surface area (Å²) in [6.07, 6.45) is 7.83. The van der Waals surface area contributed by atoms with Crippen molar-refractivity contribution in [2.75, 3.05) is 33.4 Å². The molecule has 0 radical (unpaired) electrons. The summed E-state index contributed by atoms with van der Waals surface area (Å²) in [5, 5.41) is 5.19. The Balaban J connectivity index is 1.21. The first-order valence-corrected chi connectivity index (χ1v) is 11.6. The van der Waals surface area contributed by atoms with Crippen LogP contribution in [0.2, 0.25) is 0 Å². The summed E-state index contributed by atoms with van der Waals surface area (Å²) in [5.74, 6) is 0.828. The van der Waals surface area contributed by atoms with Crippen LogP contribution in [0.1, 0.15) is 56.6 Å². The van der Waals surface area contributed by atoms with Crippen LogP contribution in [-0.4, -0.2) is 49.3 Å². The monoisotopic (exact) mass is 431 g/mol. The van der Waals surface area contributed by atoms with E-state index in [-0.39, 0.29) is 17.6 Å². The third-order valence-electron chi connectivity index (χ3n) is 7.46. The Hall–Kier alpha value is -1.99. The van der Waals surface area contributed by atoms with E-state index in [1.807, 2.05) is 0 Å². The lowest BCUT2D eigenvalue weighted by molar-refractivity contribution is -0.126. The zero-order valence-corrected chi connectivity index (χ0v) is 18.4. The van der Waals surface area contributed by atoms with Gasteiger partial charge in [0.25, 0.3) is 0 Å². The highest BCUT2D eigenvalue weighted by atomic mass is 19.1. The summed E-state index contributed by atoms with van der Waals surface area (Å²) >= 11 is 0. The van der Waals surface area contributed by atoms with E-state index in [0.717, 1.165) is 62.3 Å². The molecule has 1 amide bonds. The zero-order valence-electron chi connectivity index (χ0n) is 18.4. The molecule has 1 aliphatic heterocycles. The number of piperidine rings is 1. The minimum Gasteiger partial charge on any atom is -0.384 e. The molecule has 4 rings (SSSR count). The number of halogens is 1. The Morgan fingerprint density at radius 2 is 2.00 bits per heavy atom. The summed E-state index contributed by atoms with van der Waals surface area (Å²) in [5.41, 5.74) is 7.09. The standard InChI is InChI=1S/C24H34FN3O3/c1-30-15-21(24(26)29)17-4-2-16(3-5-17)8-11-28-12-9-18(10-13-28)23-20-7-6-19(25)14-22(20)31-27-23/h6-7,14,16-18,21H,2-5,8-13,15H2,1H3,(H2,26,29). The number of fused-ring (bicyclic) bond motifs is 1. The van der Waals surface area contributed by atoms with Crippen molar-refractivity contribution in [3.63, 3.8) is 0 Å². The van der Waals surface area contributed by atoms with Gasteiger partial charge in [0, 0.05) is 24.5 Å². The molecular formula is C24H34FN3O3. The van der Waals surface area contributed by atoms with Crippen LogP contribution in [0.5, 0.6) is 0 Å². The van der Waals surface area contributed by atoms with Crippen molar-refractivity contribution in [1.29, 1.82) is 0 Å². The van der Waals surface area contributed by atoms with Crippen LogP contribution < -0.4 is 5.73 Å². The highest BCUT2D eigenvalue weighted by molar-refractivity contribution is 5.80. The van der Waals surface area contributed by atoms with E-state index in [9.17, 15) is 9.18 Å². The molecule has 1 saturated heterocycles. The number of nitrogens with two attached hydrogens (primary N) is 1. The van der Waals surface area contributed by atoms with Gasteiger partial charge in [-0.3, -0.25) is 4.79 Å². The molecule has 0 bridgehead atoms. The molecule has 1 atom stereocenters. The maximum absolute atomic E-state index is 13.4. The van der Waals surface area contributed by atoms with Crippen molar-refractivity contribution in [3.05, 3.63) is 29.7 Å². The van der Waals surface area contributed by atoms with E-state index in [4.69, 9.17) is 15.0 Å². The molecule has 1 aromatic carbocycles. The number of ether oxygens (including phenoxy) is 1. The molecule has 2 aliphatic rings. The molecule has 2 aromatic rings. The maximum Gasteiger partial charge on any atom is 0.223 e. The van der Waals surface area contributed by atoms with E-state index in [1.54, 1.807) is 13.2 Å². The second-order valence-electron chi connectivity index (χ2n) is 9.36. The number of hydrogen-bond acceptors (Lipinski definition) is 5. The number of hydrogen-bond donors (Lipinski definition) is 1. The van der Waals surface area contributed by atoms with E-state index < -0.39 is 0 Å². The molecule has 2 heterocycles. The van der Waals surface area contributed by atoms with Gasteiger partial charge in [-0.15, -0.1) is 0 Å². The van der Waals surface area contributed by atoms with Crippen LogP contribution in [0, 0.1) is 23.6 Å². The number of rotatable bonds is 8. The number of primary amides is 1. The van der Waals surface area contributed by atoms with Crippen LogP contribution in [0.3, 0.4) is 0 Å². The normalized spacial score (nSPS) is 24.5.